The number of rotatable bonds is 3. The van der Waals surface area contributed by atoms with Crippen molar-refractivity contribution in [3.8, 4) is 0 Å². The van der Waals surface area contributed by atoms with Gasteiger partial charge in [-0.1, -0.05) is 6.07 Å². The molecule has 1 aliphatic heterocycles. The third-order valence-corrected chi connectivity index (χ3v) is 2.68. The van der Waals surface area contributed by atoms with Gasteiger partial charge in [0.05, 0.1) is 18.3 Å². The van der Waals surface area contributed by atoms with Crippen molar-refractivity contribution in [1.29, 1.82) is 0 Å². The second-order valence-electron chi connectivity index (χ2n) is 3.96. The van der Waals surface area contributed by atoms with Crippen LogP contribution >= 0.6 is 0 Å². The molecule has 0 aliphatic carbocycles. The summed E-state index contributed by atoms with van der Waals surface area (Å²) >= 11 is 0. The number of nitrogens with one attached hydrogen (secondary N) is 1. The first kappa shape index (κ1) is 11.0. The first-order chi connectivity index (χ1) is 7.75. The van der Waals surface area contributed by atoms with Gasteiger partial charge in [0.15, 0.2) is 0 Å². The van der Waals surface area contributed by atoms with E-state index in [2.05, 4.69) is 15.2 Å². The largest absolute Gasteiger partial charge is 0.369 e. The number of hydrogen-bond donors (Lipinski definition) is 2. The molecule has 0 aromatic carbocycles. The van der Waals surface area contributed by atoms with Gasteiger partial charge in [0.25, 0.3) is 0 Å². The van der Waals surface area contributed by atoms with Crippen LogP contribution in [0.15, 0.2) is 24.4 Å². The lowest BCUT2D eigenvalue weighted by Crippen LogP contribution is -2.48. The fourth-order valence-electron chi connectivity index (χ4n) is 1.96. The molecule has 1 amide bonds. The van der Waals surface area contributed by atoms with Crippen LogP contribution in [0, 0.1) is 0 Å². The van der Waals surface area contributed by atoms with Crippen molar-refractivity contribution in [2.75, 3.05) is 26.2 Å². The maximum Gasteiger partial charge on any atom is 0.231 e. The number of piperazine rings is 1. The summed E-state index contributed by atoms with van der Waals surface area (Å²) in [5, 5.41) is 3.38. The molecule has 1 atom stereocenters. The second kappa shape index (κ2) is 5.05. The molecule has 1 unspecified atom stereocenters. The highest BCUT2D eigenvalue weighted by Gasteiger charge is 2.22. The van der Waals surface area contributed by atoms with Crippen molar-refractivity contribution in [2.45, 2.75) is 6.04 Å². The Labute approximate surface area is 94.6 Å². The molecule has 2 heterocycles. The molecule has 1 aromatic rings. The van der Waals surface area contributed by atoms with E-state index >= 15 is 0 Å². The van der Waals surface area contributed by atoms with Crippen LogP contribution in [0.3, 0.4) is 0 Å². The standard InChI is InChI=1S/C11H16N4O/c12-11(16)8-15-6-5-14-10(7-15)9-3-1-2-4-13-9/h1-4,10,14H,5-8H2,(H2,12,16). The molecule has 5 heteroatoms. The maximum absolute atomic E-state index is 10.9. The Hall–Kier alpha value is -1.46. The summed E-state index contributed by atoms with van der Waals surface area (Å²) in [7, 11) is 0. The molecule has 1 saturated heterocycles. The monoisotopic (exact) mass is 220 g/mol. The molecular formula is C11H16N4O. The molecule has 3 N–H and O–H groups in total. The zero-order chi connectivity index (χ0) is 11.4. The molecule has 1 fully saturated rings. The van der Waals surface area contributed by atoms with Gasteiger partial charge in [-0.2, -0.15) is 0 Å². The fraction of sp³-hybridized carbons (Fsp3) is 0.455. The van der Waals surface area contributed by atoms with Crippen molar-refractivity contribution >= 4 is 5.91 Å². The third-order valence-electron chi connectivity index (χ3n) is 2.68. The topological polar surface area (TPSA) is 71.2 Å². The van der Waals surface area contributed by atoms with Crippen LogP contribution in [-0.4, -0.2) is 42.0 Å². The van der Waals surface area contributed by atoms with E-state index in [4.69, 9.17) is 5.73 Å². The van der Waals surface area contributed by atoms with Crippen LogP contribution in [0.2, 0.25) is 0 Å². The van der Waals surface area contributed by atoms with Gasteiger partial charge in [-0.15, -0.1) is 0 Å². The molecule has 0 saturated carbocycles. The lowest BCUT2D eigenvalue weighted by Gasteiger charge is -2.32. The molecule has 1 aliphatic rings. The average Bonchev–Trinajstić information content (AvgIpc) is 2.30. The van der Waals surface area contributed by atoms with Gasteiger partial charge in [-0.05, 0) is 12.1 Å². The first-order valence-electron chi connectivity index (χ1n) is 5.40. The molecule has 0 bridgehead atoms. The summed E-state index contributed by atoms with van der Waals surface area (Å²) in [6.45, 7) is 2.81. The van der Waals surface area contributed by atoms with Crippen molar-refractivity contribution < 1.29 is 4.79 Å². The summed E-state index contributed by atoms with van der Waals surface area (Å²) < 4.78 is 0. The molecule has 0 radical (unpaired) electrons. The lowest BCUT2D eigenvalue weighted by atomic mass is 10.1. The summed E-state index contributed by atoms with van der Waals surface area (Å²) in [5.41, 5.74) is 6.20. The number of carbonyl (C=O) groups is 1. The number of pyridine rings is 1. The Morgan fingerprint density at radius 3 is 3.19 bits per heavy atom. The Balaban J connectivity index is 1.99. The number of carbonyl (C=O) groups excluding carboxylic acids is 1. The summed E-state index contributed by atoms with van der Waals surface area (Å²) in [4.78, 5) is 17.2. The Kier molecular flexibility index (Phi) is 3.48. The Bertz CT molecular complexity index is 354. The predicted octanol–water partition coefficient (Wildman–Crippen LogP) is -0.487. The van der Waals surface area contributed by atoms with Gasteiger partial charge < -0.3 is 11.1 Å². The highest BCUT2D eigenvalue weighted by Crippen LogP contribution is 2.14. The first-order valence-corrected chi connectivity index (χ1v) is 5.40. The highest BCUT2D eigenvalue weighted by molar-refractivity contribution is 5.75. The Morgan fingerprint density at radius 1 is 1.62 bits per heavy atom. The number of nitrogens with zero attached hydrogens (tertiary/aromatic N) is 2. The lowest BCUT2D eigenvalue weighted by molar-refractivity contribution is -0.119. The smallest absolute Gasteiger partial charge is 0.231 e. The third kappa shape index (κ3) is 2.77. The SMILES string of the molecule is NC(=O)CN1CCNC(c2ccccn2)C1. The van der Waals surface area contributed by atoms with Crippen molar-refractivity contribution in [1.82, 2.24) is 15.2 Å². The van der Waals surface area contributed by atoms with Crippen LogP contribution in [0.1, 0.15) is 11.7 Å². The zero-order valence-corrected chi connectivity index (χ0v) is 9.10. The van der Waals surface area contributed by atoms with E-state index in [1.54, 1.807) is 6.20 Å². The van der Waals surface area contributed by atoms with Gasteiger partial charge in [-0.3, -0.25) is 14.7 Å². The van der Waals surface area contributed by atoms with Crippen molar-refractivity contribution in [3.05, 3.63) is 30.1 Å². The number of hydrogen-bond acceptors (Lipinski definition) is 4. The second-order valence-corrected chi connectivity index (χ2v) is 3.96. The fourth-order valence-corrected chi connectivity index (χ4v) is 1.96. The minimum atomic E-state index is -0.276. The van der Waals surface area contributed by atoms with Gasteiger partial charge >= 0.3 is 0 Å². The predicted molar refractivity (Wildman–Crippen MR) is 60.6 cm³/mol. The van der Waals surface area contributed by atoms with Crippen molar-refractivity contribution in [3.63, 3.8) is 0 Å². The number of primary amides is 1. The van der Waals surface area contributed by atoms with Crippen LogP contribution in [0.25, 0.3) is 0 Å². The minimum Gasteiger partial charge on any atom is -0.369 e. The van der Waals surface area contributed by atoms with E-state index in [-0.39, 0.29) is 11.9 Å². The van der Waals surface area contributed by atoms with Crippen LogP contribution < -0.4 is 11.1 Å². The van der Waals surface area contributed by atoms with Gasteiger partial charge in [0, 0.05) is 25.8 Å². The van der Waals surface area contributed by atoms with E-state index < -0.39 is 0 Å². The molecule has 2 rings (SSSR count). The maximum atomic E-state index is 10.9. The van der Waals surface area contributed by atoms with Crippen LogP contribution in [0.5, 0.6) is 0 Å². The molecule has 5 nitrogen and oxygen atoms in total. The summed E-state index contributed by atoms with van der Waals surface area (Å²) in [5.74, 6) is -0.276. The molecule has 1 aromatic heterocycles. The van der Waals surface area contributed by atoms with E-state index in [9.17, 15) is 4.79 Å². The molecule has 86 valence electrons. The minimum absolute atomic E-state index is 0.189. The highest BCUT2D eigenvalue weighted by atomic mass is 16.1. The molecule has 16 heavy (non-hydrogen) atoms. The summed E-state index contributed by atoms with van der Waals surface area (Å²) in [6.07, 6.45) is 1.78. The van der Waals surface area contributed by atoms with E-state index in [1.165, 1.54) is 0 Å². The van der Waals surface area contributed by atoms with Gasteiger partial charge in [-0.25, -0.2) is 0 Å². The molecule has 0 spiro atoms. The van der Waals surface area contributed by atoms with Crippen LogP contribution in [-0.2, 0) is 4.79 Å². The van der Waals surface area contributed by atoms with E-state index in [0.29, 0.717) is 6.54 Å². The summed E-state index contributed by atoms with van der Waals surface area (Å²) in [6, 6.07) is 6.05. The van der Waals surface area contributed by atoms with Gasteiger partial charge in [0.2, 0.25) is 5.91 Å². The zero-order valence-electron chi connectivity index (χ0n) is 9.10. The Morgan fingerprint density at radius 2 is 2.50 bits per heavy atom. The van der Waals surface area contributed by atoms with E-state index in [1.807, 2.05) is 18.2 Å². The van der Waals surface area contributed by atoms with Gasteiger partial charge in [0.1, 0.15) is 0 Å². The number of amides is 1. The van der Waals surface area contributed by atoms with E-state index in [0.717, 1.165) is 25.3 Å². The number of nitrogens with two attached hydrogens (primary N) is 1. The normalized spacial score (nSPS) is 21.9. The average molecular weight is 220 g/mol. The van der Waals surface area contributed by atoms with Crippen LogP contribution in [0.4, 0.5) is 0 Å². The van der Waals surface area contributed by atoms with Crippen molar-refractivity contribution in [2.24, 2.45) is 5.73 Å². The number of aromatic nitrogens is 1. The molecular weight excluding hydrogens is 204 g/mol. The quantitative estimate of drug-likeness (QED) is 0.721.